The van der Waals surface area contributed by atoms with E-state index in [4.69, 9.17) is 4.74 Å². The van der Waals surface area contributed by atoms with Crippen molar-refractivity contribution in [3.8, 4) is 5.75 Å². The van der Waals surface area contributed by atoms with Crippen LogP contribution in [0.3, 0.4) is 0 Å². The van der Waals surface area contributed by atoms with Gasteiger partial charge in [-0.2, -0.15) is 0 Å². The third-order valence-corrected chi connectivity index (χ3v) is 3.71. The van der Waals surface area contributed by atoms with Crippen LogP contribution >= 0.6 is 0 Å². The molecule has 0 fully saturated rings. The van der Waals surface area contributed by atoms with E-state index in [1.165, 1.54) is 7.11 Å². The van der Waals surface area contributed by atoms with Crippen molar-refractivity contribution in [3.63, 3.8) is 0 Å². The van der Waals surface area contributed by atoms with Gasteiger partial charge in [-0.1, -0.05) is 48.9 Å². The van der Waals surface area contributed by atoms with Crippen molar-refractivity contribution in [2.45, 2.75) is 25.9 Å². The molecular weight excluding hydrogens is 278 g/mol. The minimum Gasteiger partial charge on any atom is -0.495 e. The second kappa shape index (κ2) is 7.09. The van der Waals surface area contributed by atoms with Crippen LogP contribution in [0.25, 0.3) is 0 Å². The standard InChI is InChI=1S/C18H21NO3/c1-12-8-10-14(11-9-12)13(2)17(20)18(21)19-15-6-4-5-7-16(15)22-3/h4-11,13,17,20H,1-3H3,(H,19,21)/t13-,17-/m0/s1. The molecule has 0 radical (unpaired) electrons. The van der Waals surface area contributed by atoms with Gasteiger partial charge in [0, 0.05) is 5.92 Å². The number of ether oxygens (including phenoxy) is 1. The first kappa shape index (κ1) is 16.0. The van der Waals surface area contributed by atoms with E-state index in [0.717, 1.165) is 11.1 Å². The molecule has 0 aliphatic carbocycles. The normalized spacial score (nSPS) is 13.3. The van der Waals surface area contributed by atoms with Gasteiger partial charge < -0.3 is 15.2 Å². The molecule has 0 aliphatic heterocycles. The fraction of sp³-hybridized carbons (Fsp3) is 0.278. The van der Waals surface area contributed by atoms with Crippen LogP contribution < -0.4 is 10.1 Å². The second-order valence-electron chi connectivity index (χ2n) is 5.33. The van der Waals surface area contributed by atoms with Gasteiger partial charge in [-0.25, -0.2) is 0 Å². The molecule has 2 atom stereocenters. The summed E-state index contributed by atoms with van der Waals surface area (Å²) in [5, 5.41) is 13.0. The van der Waals surface area contributed by atoms with Crippen LogP contribution in [0.2, 0.25) is 0 Å². The predicted octanol–water partition coefficient (Wildman–Crippen LogP) is 3.11. The van der Waals surface area contributed by atoms with Crippen LogP contribution in [0.1, 0.15) is 24.0 Å². The molecule has 1 amide bonds. The minimum atomic E-state index is -1.13. The van der Waals surface area contributed by atoms with Gasteiger partial charge in [0.2, 0.25) is 0 Å². The third kappa shape index (κ3) is 3.65. The molecule has 2 rings (SSSR count). The van der Waals surface area contributed by atoms with Gasteiger partial charge in [-0.3, -0.25) is 4.79 Å². The number of rotatable bonds is 5. The number of hydrogen-bond donors (Lipinski definition) is 2. The zero-order valence-electron chi connectivity index (χ0n) is 13.0. The highest BCUT2D eigenvalue weighted by Gasteiger charge is 2.24. The van der Waals surface area contributed by atoms with Gasteiger partial charge in [0.05, 0.1) is 12.8 Å². The molecule has 0 unspecified atom stereocenters. The number of benzene rings is 2. The molecule has 4 nitrogen and oxygen atoms in total. The lowest BCUT2D eigenvalue weighted by atomic mass is 9.94. The van der Waals surface area contributed by atoms with E-state index < -0.39 is 12.0 Å². The smallest absolute Gasteiger partial charge is 0.253 e. The largest absolute Gasteiger partial charge is 0.495 e. The van der Waals surface area contributed by atoms with Crippen molar-refractivity contribution in [2.24, 2.45) is 0 Å². The average Bonchev–Trinajstić information content (AvgIpc) is 2.54. The highest BCUT2D eigenvalue weighted by Crippen LogP contribution is 2.25. The fourth-order valence-corrected chi connectivity index (χ4v) is 2.23. The van der Waals surface area contributed by atoms with Crippen LogP contribution in [0, 0.1) is 6.92 Å². The summed E-state index contributed by atoms with van der Waals surface area (Å²) in [5.74, 6) is -0.182. The van der Waals surface area contributed by atoms with Gasteiger partial charge in [-0.15, -0.1) is 0 Å². The average molecular weight is 299 g/mol. The lowest BCUT2D eigenvalue weighted by Gasteiger charge is -2.19. The lowest BCUT2D eigenvalue weighted by Crippen LogP contribution is -2.32. The number of amides is 1. The van der Waals surface area contributed by atoms with Gasteiger partial charge in [-0.05, 0) is 24.6 Å². The molecule has 0 spiro atoms. The second-order valence-corrected chi connectivity index (χ2v) is 5.33. The Morgan fingerprint density at radius 2 is 1.77 bits per heavy atom. The summed E-state index contributed by atoms with van der Waals surface area (Å²) < 4.78 is 5.19. The third-order valence-electron chi connectivity index (χ3n) is 3.71. The molecule has 2 aromatic rings. The maximum atomic E-state index is 12.2. The van der Waals surface area contributed by atoms with Crippen molar-refractivity contribution in [1.82, 2.24) is 0 Å². The number of aliphatic hydroxyl groups is 1. The number of aryl methyl sites for hydroxylation is 1. The molecule has 2 aromatic carbocycles. The summed E-state index contributed by atoms with van der Waals surface area (Å²) in [6.45, 7) is 3.83. The Bertz CT molecular complexity index is 637. The summed E-state index contributed by atoms with van der Waals surface area (Å²) >= 11 is 0. The first-order valence-electron chi connectivity index (χ1n) is 7.21. The van der Waals surface area contributed by atoms with E-state index in [2.05, 4.69) is 5.32 Å². The van der Waals surface area contributed by atoms with E-state index in [1.54, 1.807) is 18.2 Å². The lowest BCUT2D eigenvalue weighted by molar-refractivity contribution is -0.124. The van der Waals surface area contributed by atoms with Crippen molar-refractivity contribution >= 4 is 11.6 Å². The zero-order chi connectivity index (χ0) is 16.1. The van der Waals surface area contributed by atoms with Crippen molar-refractivity contribution in [1.29, 1.82) is 0 Å². The zero-order valence-corrected chi connectivity index (χ0v) is 13.0. The van der Waals surface area contributed by atoms with Crippen LogP contribution in [0.4, 0.5) is 5.69 Å². The molecule has 2 N–H and O–H groups in total. The summed E-state index contributed by atoms with van der Waals surface area (Å²) in [5.41, 5.74) is 2.61. The number of nitrogens with one attached hydrogen (secondary N) is 1. The van der Waals surface area contributed by atoms with E-state index in [-0.39, 0.29) is 5.92 Å². The molecule has 22 heavy (non-hydrogen) atoms. The molecule has 0 bridgehead atoms. The molecule has 0 saturated heterocycles. The summed E-state index contributed by atoms with van der Waals surface area (Å²) in [6, 6.07) is 14.9. The van der Waals surface area contributed by atoms with E-state index in [0.29, 0.717) is 11.4 Å². The molecular formula is C18H21NO3. The predicted molar refractivity (Wildman–Crippen MR) is 87.2 cm³/mol. The van der Waals surface area contributed by atoms with Crippen LogP contribution in [0.15, 0.2) is 48.5 Å². The Balaban J connectivity index is 2.10. The van der Waals surface area contributed by atoms with E-state index >= 15 is 0 Å². The molecule has 0 aromatic heterocycles. The highest BCUT2D eigenvalue weighted by molar-refractivity contribution is 5.95. The number of methoxy groups -OCH3 is 1. The maximum Gasteiger partial charge on any atom is 0.253 e. The fourth-order valence-electron chi connectivity index (χ4n) is 2.23. The Kier molecular flexibility index (Phi) is 5.17. The number of anilines is 1. The van der Waals surface area contributed by atoms with Gasteiger partial charge >= 0.3 is 0 Å². The molecule has 4 heteroatoms. The topological polar surface area (TPSA) is 58.6 Å². The summed E-state index contributed by atoms with van der Waals surface area (Å²) in [7, 11) is 1.54. The SMILES string of the molecule is COc1ccccc1NC(=O)[C@@H](O)[C@@H](C)c1ccc(C)cc1. The van der Waals surface area contributed by atoms with Crippen molar-refractivity contribution in [3.05, 3.63) is 59.7 Å². The number of aliphatic hydroxyl groups excluding tert-OH is 1. The quantitative estimate of drug-likeness (QED) is 0.892. The maximum absolute atomic E-state index is 12.2. The Morgan fingerprint density at radius 3 is 2.41 bits per heavy atom. The van der Waals surface area contributed by atoms with Crippen LogP contribution in [-0.2, 0) is 4.79 Å². The molecule has 0 heterocycles. The first-order valence-corrected chi connectivity index (χ1v) is 7.21. The monoisotopic (exact) mass is 299 g/mol. The Labute approximate surface area is 130 Å². The van der Waals surface area contributed by atoms with Crippen molar-refractivity contribution < 1.29 is 14.6 Å². The Morgan fingerprint density at radius 1 is 1.14 bits per heavy atom. The minimum absolute atomic E-state index is 0.296. The number of para-hydroxylation sites is 2. The summed E-state index contributed by atoms with van der Waals surface area (Å²) in [4.78, 5) is 12.2. The molecule has 116 valence electrons. The van der Waals surface area contributed by atoms with Gasteiger partial charge in [0.25, 0.3) is 5.91 Å². The van der Waals surface area contributed by atoms with Crippen LogP contribution in [0.5, 0.6) is 5.75 Å². The molecule has 0 aliphatic rings. The van der Waals surface area contributed by atoms with E-state index in [9.17, 15) is 9.90 Å². The van der Waals surface area contributed by atoms with Gasteiger partial charge in [0.15, 0.2) is 0 Å². The first-order chi connectivity index (χ1) is 10.5. The van der Waals surface area contributed by atoms with Crippen molar-refractivity contribution in [2.75, 3.05) is 12.4 Å². The highest BCUT2D eigenvalue weighted by atomic mass is 16.5. The summed E-state index contributed by atoms with van der Waals surface area (Å²) in [6.07, 6.45) is -1.13. The number of carbonyl (C=O) groups is 1. The van der Waals surface area contributed by atoms with Gasteiger partial charge in [0.1, 0.15) is 11.9 Å². The number of carbonyl (C=O) groups excluding carboxylic acids is 1. The molecule has 0 saturated carbocycles. The Hall–Kier alpha value is -2.33. The van der Waals surface area contributed by atoms with E-state index in [1.807, 2.05) is 44.2 Å². The van der Waals surface area contributed by atoms with Crippen LogP contribution in [-0.4, -0.2) is 24.2 Å². The number of hydrogen-bond acceptors (Lipinski definition) is 3.